The summed E-state index contributed by atoms with van der Waals surface area (Å²) in [6.45, 7) is 6.58. The van der Waals surface area contributed by atoms with Crippen molar-refractivity contribution in [3.05, 3.63) is 29.7 Å². The van der Waals surface area contributed by atoms with Crippen LogP contribution < -0.4 is 4.90 Å². The molecule has 4 rings (SSSR count). The van der Waals surface area contributed by atoms with Crippen LogP contribution in [0.5, 0.6) is 0 Å². The number of aromatic nitrogens is 5. The number of aryl methyl sites for hydroxylation is 1. The summed E-state index contributed by atoms with van der Waals surface area (Å²) in [7, 11) is 2.08. The van der Waals surface area contributed by atoms with Crippen LogP contribution in [0.25, 0.3) is 0 Å². The molecular weight excluding hydrogens is 342 g/mol. The minimum Gasteiger partial charge on any atom is -0.393 e. The minimum absolute atomic E-state index is 0.144. The molecule has 2 aliphatic heterocycles. The van der Waals surface area contributed by atoms with Crippen molar-refractivity contribution in [2.45, 2.75) is 51.2 Å². The van der Waals surface area contributed by atoms with Crippen LogP contribution in [-0.4, -0.2) is 67.0 Å². The predicted octanol–water partition coefficient (Wildman–Crippen LogP) is 1.25. The highest BCUT2D eigenvalue weighted by Crippen LogP contribution is 2.29. The van der Waals surface area contributed by atoms with E-state index in [2.05, 4.69) is 41.6 Å². The number of aliphatic hydroxyl groups excluding tert-OH is 1. The number of hydrogen-bond donors (Lipinski definition) is 1. The Labute approximate surface area is 160 Å². The fraction of sp³-hybridized carbons (Fsp3) is 0.684. The Bertz CT molecular complexity index is 769. The number of nitrogens with zero attached hydrogens (tertiary/aromatic N) is 7. The van der Waals surface area contributed by atoms with Gasteiger partial charge in [0.05, 0.1) is 18.3 Å². The largest absolute Gasteiger partial charge is 0.393 e. The van der Waals surface area contributed by atoms with Crippen molar-refractivity contribution in [1.82, 2.24) is 29.6 Å². The van der Waals surface area contributed by atoms with Crippen LogP contribution in [0, 0.1) is 6.92 Å². The van der Waals surface area contributed by atoms with E-state index in [0.29, 0.717) is 5.92 Å². The first-order chi connectivity index (χ1) is 13.1. The van der Waals surface area contributed by atoms with E-state index in [9.17, 15) is 5.11 Å². The van der Waals surface area contributed by atoms with Gasteiger partial charge in [-0.1, -0.05) is 0 Å². The molecule has 8 heteroatoms. The van der Waals surface area contributed by atoms with Crippen molar-refractivity contribution in [3.63, 3.8) is 0 Å². The van der Waals surface area contributed by atoms with Crippen LogP contribution >= 0.6 is 0 Å². The maximum atomic E-state index is 9.69. The van der Waals surface area contributed by atoms with Gasteiger partial charge in [-0.25, -0.2) is 4.98 Å². The highest BCUT2D eigenvalue weighted by molar-refractivity contribution is 5.43. The summed E-state index contributed by atoms with van der Waals surface area (Å²) in [6.07, 6.45) is 7.30. The lowest BCUT2D eigenvalue weighted by Gasteiger charge is -2.33. The molecule has 0 aliphatic carbocycles. The maximum absolute atomic E-state index is 9.69. The molecule has 0 radical (unpaired) electrons. The van der Waals surface area contributed by atoms with Crippen LogP contribution in [0.3, 0.4) is 0 Å². The number of piperidine rings is 2. The summed E-state index contributed by atoms with van der Waals surface area (Å²) in [6, 6.07) is 0. The lowest BCUT2D eigenvalue weighted by Crippen LogP contribution is -2.37. The topological polar surface area (TPSA) is 83.2 Å². The third-order valence-corrected chi connectivity index (χ3v) is 5.86. The van der Waals surface area contributed by atoms with Crippen molar-refractivity contribution < 1.29 is 5.11 Å². The molecule has 1 N–H and O–H groups in total. The third kappa shape index (κ3) is 3.96. The standard InChI is InChI=1S/C19H29N7O/c1-14-18(21-8-7-20-14)26-9-3-4-15(12-26)19-23-22-17(24(19)2)13-25-10-5-16(27)6-11-25/h7-8,15-16,27H,3-6,9-13H2,1-2H3/t15-/m1/s1. The van der Waals surface area contributed by atoms with Gasteiger partial charge in [-0.3, -0.25) is 9.88 Å². The van der Waals surface area contributed by atoms with Gasteiger partial charge in [0.2, 0.25) is 0 Å². The van der Waals surface area contributed by atoms with Crippen LogP contribution in [0.1, 0.15) is 48.9 Å². The number of aliphatic hydroxyl groups is 1. The van der Waals surface area contributed by atoms with E-state index in [0.717, 1.165) is 81.6 Å². The van der Waals surface area contributed by atoms with Crippen molar-refractivity contribution in [2.24, 2.45) is 7.05 Å². The molecular formula is C19H29N7O. The molecule has 0 amide bonds. The Morgan fingerprint density at radius 3 is 2.63 bits per heavy atom. The minimum atomic E-state index is -0.144. The molecule has 0 unspecified atom stereocenters. The Hall–Kier alpha value is -2.06. The second-order valence-electron chi connectivity index (χ2n) is 7.79. The predicted molar refractivity (Wildman–Crippen MR) is 102 cm³/mol. The summed E-state index contributed by atoms with van der Waals surface area (Å²) in [5.74, 6) is 3.41. The number of rotatable bonds is 4. The van der Waals surface area contributed by atoms with Gasteiger partial charge in [0.25, 0.3) is 0 Å². The molecule has 2 aromatic heterocycles. The van der Waals surface area contributed by atoms with Crippen molar-refractivity contribution in [2.75, 3.05) is 31.1 Å². The van der Waals surface area contributed by atoms with E-state index in [1.54, 1.807) is 12.4 Å². The van der Waals surface area contributed by atoms with E-state index in [1.165, 1.54) is 0 Å². The van der Waals surface area contributed by atoms with Crippen LogP contribution in [0.2, 0.25) is 0 Å². The summed E-state index contributed by atoms with van der Waals surface area (Å²) in [5.41, 5.74) is 0.976. The molecule has 2 fully saturated rings. The van der Waals surface area contributed by atoms with Crippen LogP contribution in [-0.2, 0) is 13.6 Å². The van der Waals surface area contributed by atoms with Crippen molar-refractivity contribution >= 4 is 5.82 Å². The molecule has 0 spiro atoms. The average molecular weight is 371 g/mol. The molecule has 146 valence electrons. The average Bonchev–Trinajstić information content (AvgIpc) is 3.04. The zero-order valence-corrected chi connectivity index (χ0v) is 16.3. The lowest BCUT2D eigenvalue weighted by molar-refractivity contribution is 0.0775. The zero-order chi connectivity index (χ0) is 18.8. The molecule has 0 aromatic carbocycles. The van der Waals surface area contributed by atoms with E-state index in [1.807, 2.05) is 6.92 Å². The third-order valence-electron chi connectivity index (χ3n) is 5.86. The smallest absolute Gasteiger partial charge is 0.150 e. The van der Waals surface area contributed by atoms with E-state index >= 15 is 0 Å². The van der Waals surface area contributed by atoms with Gasteiger partial charge in [-0.05, 0) is 32.6 Å². The van der Waals surface area contributed by atoms with E-state index in [-0.39, 0.29) is 6.10 Å². The summed E-state index contributed by atoms with van der Waals surface area (Å²) in [4.78, 5) is 13.6. The second kappa shape index (κ2) is 7.90. The van der Waals surface area contributed by atoms with Gasteiger partial charge >= 0.3 is 0 Å². The highest BCUT2D eigenvalue weighted by Gasteiger charge is 2.28. The van der Waals surface area contributed by atoms with Crippen LogP contribution in [0.4, 0.5) is 5.82 Å². The molecule has 1 atom stereocenters. The summed E-state index contributed by atoms with van der Waals surface area (Å²) < 4.78 is 2.17. The van der Waals surface area contributed by atoms with Gasteiger partial charge in [-0.2, -0.15) is 0 Å². The van der Waals surface area contributed by atoms with E-state index < -0.39 is 0 Å². The summed E-state index contributed by atoms with van der Waals surface area (Å²) in [5, 5.41) is 18.7. The Kier molecular flexibility index (Phi) is 5.36. The lowest BCUT2D eigenvalue weighted by atomic mass is 9.97. The van der Waals surface area contributed by atoms with Gasteiger partial charge in [0, 0.05) is 51.5 Å². The number of anilines is 1. The SMILES string of the molecule is Cc1nccnc1N1CCC[C@@H](c2nnc(CN3CCC(O)CC3)n2C)C1. The highest BCUT2D eigenvalue weighted by atomic mass is 16.3. The van der Waals surface area contributed by atoms with Crippen molar-refractivity contribution in [1.29, 1.82) is 0 Å². The number of likely N-dealkylation sites (tertiary alicyclic amines) is 1. The number of hydrogen-bond acceptors (Lipinski definition) is 7. The first kappa shape index (κ1) is 18.3. The van der Waals surface area contributed by atoms with Gasteiger partial charge in [-0.15, -0.1) is 10.2 Å². The van der Waals surface area contributed by atoms with Gasteiger partial charge in [0.15, 0.2) is 0 Å². The quantitative estimate of drug-likeness (QED) is 0.866. The second-order valence-corrected chi connectivity index (χ2v) is 7.79. The first-order valence-electron chi connectivity index (χ1n) is 9.93. The fourth-order valence-corrected chi connectivity index (χ4v) is 4.24. The maximum Gasteiger partial charge on any atom is 0.150 e. The van der Waals surface area contributed by atoms with Gasteiger partial charge < -0.3 is 14.6 Å². The molecule has 2 aromatic rings. The normalized spacial score (nSPS) is 22.3. The van der Waals surface area contributed by atoms with Crippen LogP contribution in [0.15, 0.2) is 12.4 Å². The Morgan fingerprint density at radius 1 is 1.07 bits per heavy atom. The molecule has 27 heavy (non-hydrogen) atoms. The zero-order valence-electron chi connectivity index (χ0n) is 16.3. The molecule has 0 bridgehead atoms. The van der Waals surface area contributed by atoms with Crippen molar-refractivity contribution in [3.8, 4) is 0 Å². The molecule has 8 nitrogen and oxygen atoms in total. The monoisotopic (exact) mass is 371 g/mol. The Morgan fingerprint density at radius 2 is 1.85 bits per heavy atom. The first-order valence-corrected chi connectivity index (χ1v) is 9.93. The molecule has 2 aliphatic rings. The Balaban J connectivity index is 1.45. The molecule has 4 heterocycles. The molecule has 0 saturated carbocycles. The molecule has 2 saturated heterocycles. The van der Waals surface area contributed by atoms with E-state index in [4.69, 9.17) is 0 Å². The fourth-order valence-electron chi connectivity index (χ4n) is 4.24. The summed E-state index contributed by atoms with van der Waals surface area (Å²) >= 11 is 0. The van der Waals surface area contributed by atoms with Gasteiger partial charge in [0.1, 0.15) is 17.5 Å².